The number of aryl methyl sites for hydroxylation is 2. The summed E-state index contributed by atoms with van der Waals surface area (Å²) in [6, 6.07) is 11.7. The topological polar surface area (TPSA) is 75.7 Å². The average molecular weight is 419 g/mol. The Balaban J connectivity index is 2.35. The second kappa shape index (κ2) is 9.31. The number of ether oxygens (including phenoxy) is 1. The van der Waals surface area contributed by atoms with Gasteiger partial charge in [0, 0.05) is 6.07 Å². The highest BCUT2D eigenvalue weighted by Crippen LogP contribution is 2.27. The molecule has 0 aliphatic heterocycles. The second-order valence-electron chi connectivity index (χ2n) is 7.27. The number of anilines is 1. The molecule has 29 heavy (non-hydrogen) atoms. The molecule has 2 atom stereocenters. The van der Waals surface area contributed by atoms with Crippen LogP contribution in [0.25, 0.3) is 0 Å². The van der Waals surface area contributed by atoms with Crippen molar-refractivity contribution < 1.29 is 17.9 Å². The Kier molecular flexibility index (Phi) is 7.30. The minimum Gasteiger partial charge on any atom is -0.497 e. The van der Waals surface area contributed by atoms with Crippen LogP contribution in [0.15, 0.2) is 42.5 Å². The number of rotatable bonds is 8. The molecular weight excluding hydrogens is 388 g/mol. The van der Waals surface area contributed by atoms with Crippen molar-refractivity contribution in [2.24, 2.45) is 0 Å². The van der Waals surface area contributed by atoms with Gasteiger partial charge < -0.3 is 10.1 Å². The van der Waals surface area contributed by atoms with E-state index in [0.29, 0.717) is 17.9 Å². The zero-order valence-corrected chi connectivity index (χ0v) is 18.7. The highest BCUT2D eigenvalue weighted by atomic mass is 32.2. The van der Waals surface area contributed by atoms with Gasteiger partial charge in [0.05, 0.1) is 25.1 Å². The van der Waals surface area contributed by atoms with Gasteiger partial charge in [-0.1, -0.05) is 36.8 Å². The van der Waals surface area contributed by atoms with Crippen LogP contribution in [0.1, 0.15) is 43.0 Å². The molecule has 2 aromatic carbocycles. The highest BCUT2D eigenvalue weighted by Gasteiger charge is 2.32. The fraction of sp³-hybridized carbons (Fsp3) is 0.409. The first-order chi connectivity index (χ1) is 13.6. The van der Waals surface area contributed by atoms with E-state index in [9.17, 15) is 13.2 Å². The number of methoxy groups -OCH3 is 1. The number of nitrogens with one attached hydrogen (secondary N) is 1. The van der Waals surface area contributed by atoms with Gasteiger partial charge in [-0.05, 0) is 50.5 Å². The molecule has 0 unspecified atom stereocenters. The standard InChI is InChI=1S/C22H30N2O4S/c1-7-21(22(25)23-17(4)20-12-11-15(2)13-16(20)3)24(29(6,26)27)18-9-8-10-19(14-18)28-5/h8-14,17,21H,7H2,1-6H3,(H,23,25)/t17-,21+/m0/s1. The van der Waals surface area contributed by atoms with Crippen LogP contribution in [0.3, 0.4) is 0 Å². The van der Waals surface area contributed by atoms with E-state index >= 15 is 0 Å². The van der Waals surface area contributed by atoms with E-state index in [1.54, 1.807) is 31.2 Å². The number of hydrogen-bond acceptors (Lipinski definition) is 4. The van der Waals surface area contributed by atoms with Gasteiger partial charge in [-0.25, -0.2) is 8.42 Å². The summed E-state index contributed by atoms with van der Waals surface area (Å²) in [6.07, 6.45) is 1.44. The summed E-state index contributed by atoms with van der Waals surface area (Å²) in [6.45, 7) is 7.72. The fourth-order valence-corrected chi connectivity index (χ4v) is 4.71. The molecule has 0 aliphatic rings. The molecule has 0 spiro atoms. The molecule has 0 aliphatic carbocycles. The van der Waals surface area contributed by atoms with Gasteiger partial charge in [-0.3, -0.25) is 9.10 Å². The number of carbonyl (C=O) groups is 1. The Hall–Kier alpha value is -2.54. The first kappa shape index (κ1) is 22.7. The number of carbonyl (C=O) groups excluding carboxylic acids is 1. The van der Waals surface area contributed by atoms with Gasteiger partial charge in [0.15, 0.2) is 0 Å². The molecule has 2 aromatic rings. The quantitative estimate of drug-likeness (QED) is 0.709. The predicted octanol–water partition coefficient (Wildman–Crippen LogP) is 3.73. The first-order valence-electron chi connectivity index (χ1n) is 9.59. The van der Waals surface area contributed by atoms with Gasteiger partial charge in [0.25, 0.3) is 0 Å². The van der Waals surface area contributed by atoms with Crippen molar-refractivity contribution in [3.8, 4) is 5.75 Å². The maximum Gasteiger partial charge on any atom is 0.244 e. The van der Waals surface area contributed by atoms with Crippen LogP contribution in [0.2, 0.25) is 0 Å². The number of sulfonamides is 1. The highest BCUT2D eigenvalue weighted by molar-refractivity contribution is 7.92. The number of nitrogens with zero attached hydrogens (tertiary/aromatic N) is 1. The zero-order chi connectivity index (χ0) is 21.8. The number of amides is 1. The molecule has 0 saturated carbocycles. The van der Waals surface area contributed by atoms with Gasteiger partial charge in [0.2, 0.25) is 15.9 Å². The minimum absolute atomic E-state index is 0.246. The third-order valence-electron chi connectivity index (χ3n) is 4.89. The molecular formula is C22H30N2O4S. The summed E-state index contributed by atoms with van der Waals surface area (Å²) in [5, 5.41) is 2.98. The Morgan fingerprint density at radius 2 is 1.86 bits per heavy atom. The molecule has 0 heterocycles. The van der Waals surface area contributed by atoms with Crippen molar-refractivity contribution in [1.29, 1.82) is 0 Å². The molecule has 0 bridgehead atoms. The third-order valence-corrected chi connectivity index (χ3v) is 6.07. The van der Waals surface area contributed by atoms with Crippen molar-refractivity contribution >= 4 is 21.6 Å². The molecule has 0 fully saturated rings. The normalized spacial score (nSPS) is 13.4. The minimum atomic E-state index is -3.70. The molecule has 0 aromatic heterocycles. The van der Waals surface area contributed by atoms with Crippen LogP contribution in [0.5, 0.6) is 5.75 Å². The number of hydrogen-bond donors (Lipinski definition) is 1. The van der Waals surface area contributed by atoms with Gasteiger partial charge >= 0.3 is 0 Å². The SMILES string of the molecule is CC[C@H](C(=O)N[C@@H](C)c1ccc(C)cc1C)N(c1cccc(OC)c1)S(C)(=O)=O. The summed E-state index contributed by atoms with van der Waals surface area (Å²) in [5.74, 6) is 0.184. The van der Waals surface area contributed by atoms with Gasteiger partial charge in [-0.2, -0.15) is 0 Å². The predicted molar refractivity (Wildman–Crippen MR) is 117 cm³/mol. The first-order valence-corrected chi connectivity index (χ1v) is 11.4. The maximum atomic E-state index is 13.1. The van der Waals surface area contributed by atoms with Crippen molar-refractivity contribution in [1.82, 2.24) is 5.32 Å². The van der Waals surface area contributed by atoms with Crippen molar-refractivity contribution in [3.63, 3.8) is 0 Å². The molecule has 1 amide bonds. The Morgan fingerprint density at radius 3 is 2.41 bits per heavy atom. The average Bonchev–Trinajstić information content (AvgIpc) is 2.64. The summed E-state index contributed by atoms with van der Waals surface area (Å²) < 4.78 is 31.6. The van der Waals surface area contributed by atoms with Crippen LogP contribution in [0.4, 0.5) is 5.69 Å². The molecule has 0 saturated heterocycles. The molecule has 7 heteroatoms. The van der Waals surface area contributed by atoms with E-state index in [4.69, 9.17) is 4.74 Å². The van der Waals surface area contributed by atoms with Crippen molar-refractivity contribution in [3.05, 3.63) is 59.2 Å². The van der Waals surface area contributed by atoms with E-state index in [0.717, 1.165) is 22.9 Å². The van der Waals surface area contributed by atoms with Crippen molar-refractivity contribution in [2.45, 2.75) is 46.2 Å². The number of benzene rings is 2. The summed E-state index contributed by atoms with van der Waals surface area (Å²) in [7, 11) is -2.18. The van der Waals surface area contributed by atoms with Crippen LogP contribution in [0, 0.1) is 13.8 Å². The largest absolute Gasteiger partial charge is 0.497 e. The zero-order valence-electron chi connectivity index (χ0n) is 17.9. The summed E-state index contributed by atoms with van der Waals surface area (Å²) >= 11 is 0. The lowest BCUT2D eigenvalue weighted by Crippen LogP contribution is -2.49. The fourth-order valence-electron chi connectivity index (χ4n) is 3.51. The Morgan fingerprint density at radius 1 is 1.17 bits per heavy atom. The van der Waals surface area contributed by atoms with E-state index in [1.807, 2.05) is 32.9 Å². The van der Waals surface area contributed by atoms with E-state index in [2.05, 4.69) is 11.4 Å². The lowest BCUT2D eigenvalue weighted by atomic mass is 10.00. The Labute approximate surface area is 173 Å². The van der Waals surface area contributed by atoms with E-state index < -0.39 is 16.1 Å². The lowest BCUT2D eigenvalue weighted by molar-refractivity contribution is -0.122. The van der Waals surface area contributed by atoms with Crippen molar-refractivity contribution in [2.75, 3.05) is 17.7 Å². The smallest absolute Gasteiger partial charge is 0.244 e. The molecule has 1 N–H and O–H groups in total. The van der Waals surface area contributed by atoms with Gasteiger partial charge in [-0.15, -0.1) is 0 Å². The second-order valence-corrected chi connectivity index (χ2v) is 9.13. The van der Waals surface area contributed by atoms with Gasteiger partial charge in [0.1, 0.15) is 11.8 Å². The third kappa shape index (κ3) is 5.50. The Bertz CT molecular complexity index is 973. The summed E-state index contributed by atoms with van der Waals surface area (Å²) in [4.78, 5) is 13.1. The summed E-state index contributed by atoms with van der Waals surface area (Å²) in [5.41, 5.74) is 3.63. The lowest BCUT2D eigenvalue weighted by Gasteiger charge is -2.31. The molecule has 2 rings (SSSR count). The maximum absolute atomic E-state index is 13.1. The van der Waals surface area contributed by atoms with Crippen LogP contribution in [-0.2, 0) is 14.8 Å². The van der Waals surface area contributed by atoms with Crippen LogP contribution >= 0.6 is 0 Å². The molecule has 0 radical (unpaired) electrons. The monoisotopic (exact) mass is 418 g/mol. The van der Waals surface area contributed by atoms with Crippen LogP contribution in [-0.4, -0.2) is 33.7 Å². The molecule has 6 nitrogen and oxygen atoms in total. The molecule has 158 valence electrons. The van der Waals surface area contributed by atoms with E-state index in [1.165, 1.54) is 11.4 Å². The van der Waals surface area contributed by atoms with E-state index in [-0.39, 0.29) is 11.9 Å². The van der Waals surface area contributed by atoms with Crippen LogP contribution < -0.4 is 14.4 Å².